The fraction of sp³-hybridized carbons (Fsp3) is 0.0714. The van der Waals surface area contributed by atoms with Crippen molar-refractivity contribution in [1.82, 2.24) is 0 Å². The number of hydrogen-bond acceptors (Lipinski definition) is 2. The van der Waals surface area contributed by atoms with Crippen LogP contribution in [0.25, 0.3) is 20.9 Å². The van der Waals surface area contributed by atoms with Crippen molar-refractivity contribution >= 4 is 43.1 Å². The summed E-state index contributed by atoms with van der Waals surface area (Å²) in [5, 5.41) is 7.40. The summed E-state index contributed by atoms with van der Waals surface area (Å²) >= 11 is 1.62. The Hall–Kier alpha value is -1.87. The van der Waals surface area contributed by atoms with Crippen LogP contribution < -0.4 is 5.32 Å². The van der Waals surface area contributed by atoms with Gasteiger partial charge in [-0.25, -0.2) is 0 Å². The highest BCUT2D eigenvalue weighted by Crippen LogP contribution is 2.35. The van der Waals surface area contributed by atoms with Gasteiger partial charge in [0.05, 0.1) is 5.00 Å². The van der Waals surface area contributed by atoms with Gasteiger partial charge in [-0.1, -0.05) is 36.4 Å². The van der Waals surface area contributed by atoms with Crippen molar-refractivity contribution in [2.75, 3.05) is 5.32 Å². The third-order valence-electron chi connectivity index (χ3n) is 2.71. The first kappa shape index (κ1) is 10.3. The lowest BCUT2D eigenvalue weighted by molar-refractivity contribution is -0.114. The van der Waals surface area contributed by atoms with Gasteiger partial charge in [-0.3, -0.25) is 4.79 Å². The molecule has 0 aliphatic heterocycles. The van der Waals surface area contributed by atoms with E-state index in [4.69, 9.17) is 0 Å². The molecular weight excluding hydrogens is 230 g/mol. The lowest BCUT2D eigenvalue weighted by Crippen LogP contribution is -2.03. The van der Waals surface area contributed by atoms with Crippen molar-refractivity contribution in [3.05, 3.63) is 42.5 Å². The zero-order valence-corrected chi connectivity index (χ0v) is 10.2. The monoisotopic (exact) mass is 241 g/mol. The molecule has 0 atom stereocenters. The van der Waals surface area contributed by atoms with Crippen molar-refractivity contribution in [3.8, 4) is 0 Å². The Labute approximate surface area is 103 Å². The third kappa shape index (κ3) is 1.78. The Balaban J connectivity index is 2.27. The molecule has 84 valence electrons. The number of carbonyl (C=O) groups is 1. The Morgan fingerprint density at radius 2 is 1.88 bits per heavy atom. The van der Waals surface area contributed by atoms with Crippen LogP contribution >= 0.6 is 11.3 Å². The molecule has 1 amide bonds. The van der Waals surface area contributed by atoms with E-state index < -0.39 is 0 Å². The minimum absolute atomic E-state index is 0.0270. The van der Waals surface area contributed by atoms with E-state index in [0.717, 1.165) is 5.00 Å². The number of nitrogens with one attached hydrogen (secondary N) is 1. The highest BCUT2D eigenvalue weighted by Gasteiger charge is 2.06. The maximum absolute atomic E-state index is 11.0. The number of anilines is 1. The molecule has 2 aromatic carbocycles. The number of thiophene rings is 1. The number of carbonyl (C=O) groups excluding carboxylic acids is 1. The number of hydrogen-bond donors (Lipinski definition) is 1. The van der Waals surface area contributed by atoms with Crippen LogP contribution in [0.1, 0.15) is 6.92 Å². The van der Waals surface area contributed by atoms with Crippen LogP contribution in [0.5, 0.6) is 0 Å². The maximum Gasteiger partial charge on any atom is 0.221 e. The zero-order valence-electron chi connectivity index (χ0n) is 9.36. The van der Waals surface area contributed by atoms with Crippen LogP contribution in [-0.2, 0) is 4.79 Å². The van der Waals surface area contributed by atoms with Gasteiger partial charge < -0.3 is 5.32 Å². The summed E-state index contributed by atoms with van der Waals surface area (Å²) in [6.45, 7) is 1.53. The predicted octanol–water partition coefficient (Wildman–Crippen LogP) is 4.01. The predicted molar refractivity (Wildman–Crippen MR) is 73.6 cm³/mol. The second-order valence-electron chi connectivity index (χ2n) is 4.00. The fourth-order valence-corrected chi connectivity index (χ4v) is 3.14. The minimum Gasteiger partial charge on any atom is -0.318 e. The summed E-state index contributed by atoms with van der Waals surface area (Å²) in [5.41, 5.74) is 0. The summed E-state index contributed by atoms with van der Waals surface area (Å²) in [6, 6.07) is 14.5. The molecule has 0 spiro atoms. The molecule has 0 aliphatic carbocycles. The van der Waals surface area contributed by atoms with E-state index in [2.05, 4.69) is 29.6 Å². The highest BCUT2D eigenvalue weighted by atomic mass is 32.1. The number of rotatable bonds is 1. The van der Waals surface area contributed by atoms with Crippen molar-refractivity contribution in [1.29, 1.82) is 0 Å². The van der Waals surface area contributed by atoms with E-state index in [-0.39, 0.29) is 5.91 Å². The standard InChI is InChI=1S/C14H11NOS/c1-9(16)15-13-8-11-7-6-10-4-2-3-5-12(10)14(11)17-13/h2-8H,1H3,(H,15,16). The van der Waals surface area contributed by atoms with Gasteiger partial charge >= 0.3 is 0 Å². The zero-order chi connectivity index (χ0) is 11.8. The van der Waals surface area contributed by atoms with E-state index in [1.54, 1.807) is 11.3 Å². The average Bonchev–Trinajstić information content (AvgIpc) is 2.70. The molecule has 2 nitrogen and oxygen atoms in total. The Bertz CT molecular complexity index is 714. The van der Waals surface area contributed by atoms with Crippen LogP contribution in [-0.4, -0.2) is 5.91 Å². The van der Waals surface area contributed by atoms with Crippen molar-refractivity contribution in [2.24, 2.45) is 0 Å². The first-order valence-corrected chi connectivity index (χ1v) is 6.24. The minimum atomic E-state index is -0.0270. The molecule has 0 radical (unpaired) electrons. The van der Waals surface area contributed by atoms with Gasteiger partial charge in [-0.05, 0) is 22.2 Å². The van der Waals surface area contributed by atoms with Gasteiger partial charge in [0.15, 0.2) is 0 Å². The number of fused-ring (bicyclic) bond motifs is 3. The summed E-state index contributed by atoms with van der Waals surface area (Å²) in [4.78, 5) is 11.0. The quantitative estimate of drug-likeness (QED) is 0.685. The summed E-state index contributed by atoms with van der Waals surface area (Å²) in [7, 11) is 0. The molecule has 0 saturated heterocycles. The SMILES string of the molecule is CC(=O)Nc1cc2ccc3ccccc3c2s1. The van der Waals surface area contributed by atoms with Crippen LogP contribution in [0, 0.1) is 0 Å². The Kier molecular flexibility index (Phi) is 2.34. The molecule has 1 N–H and O–H groups in total. The smallest absolute Gasteiger partial charge is 0.221 e. The number of amides is 1. The molecule has 3 heteroatoms. The van der Waals surface area contributed by atoms with Crippen molar-refractivity contribution in [2.45, 2.75) is 6.92 Å². The van der Waals surface area contributed by atoms with Crippen LogP contribution in [0.15, 0.2) is 42.5 Å². The van der Waals surface area contributed by atoms with Crippen LogP contribution in [0.4, 0.5) is 5.00 Å². The first-order valence-electron chi connectivity index (χ1n) is 5.43. The van der Waals surface area contributed by atoms with Crippen molar-refractivity contribution < 1.29 is 4.79 Å². The van der Waals surface area contributed by atoms with E-state index in [1.807, 2.05) is 18.2 Å². The van der Waals surface area contributed by atoms with Crippen molar-refractivity contribution in [3.63, 3.8) is 0 Å². The average molecular weight is 241 g/mol. The van der Waals surface area contributed by atoms with E-state index in [0.29, 0.717) is 0 Å². The Morgan fingerprint density at radius 1 is 1.12 bits per heavy atom. The molecular formula is C14H11NOS. The first-order chi connectivity index (χ1) is 8.24. The van der Waals surface area contributed by atoms with Gasteiger partial charge in [-0.2, -0.15) is 0 Å². The van der Waals surface area contributed by atoms with Crippen LogP contribution in [0.3, 0.4) is 0 Å². The fourth-order valence-electron chi connectivity index (χ4n) is 2.00. The summed E-state index contributed by atoms with van der Waals surface area (Å²) in [5.74, 6) is -0.0270. The topological polar surface area (TPSA) is 29.1 Å². The molecule has 0 saturated carbocycles. The third-order valence-corrected chi connectivity index (χ3v) is 3.81. The van der Waals surface area contributed by atoms with Gasteiger partial charge in [0.25, 0.3) is 0 Å². The van der Waals surface area contributed by atoms with Gasteiger partial charge in [-0.15, -0.1) is 11.3 Å². The molecule has 3 rings (SSSR count). The normalized spacial score (nSPS) is 10.9. The van der Waals surface area contributed by atoms with Gasteiger partial charge in [0, 0.05) is 11.6 Å². The molecule has 0 bridgehead atoms. The van der Waals surface area contributed by atoms with E-state index >= 15 is 0 Å². The molecule has 0 aliphatic rings. The molecule has 3 aromatic rings. The Morgan fingerprint density at radius 3 is 2.71 bits per heavy atom. The lowest BCUT2D eigenvalue weighted by atomic mass is 10.1. The summed E-state index contributed by atoms with van der Waals surface area (Å²) in [6.07, 6.45) is 0. The molecule has 0 fully saturated rings. The van der Waals surface area contributed by atoms with E-state index in [1.165, 1.54) is 27.8 Å². The van der Waals surface area contributed by atoms with Crippen LogP contribution in [0.2, 0.25) is 0 Å². The second-order valence-corrected chi connectivity index (χ2v) is 5.05. The van der Waals surface area contributed by atoms with E-state index in [9.17, 15) is 4.79 Å². The second kappa shape index (κ2) is 3.86. The largest absolute Gasteiger partial charge is 0.318 e. The number of benzene rings is 2. The molecule has 1 aromatic heterocycles. The van der Waals surface area contributed by atoms with Gasteiger partial charge in [0.2, 0.25) is 5.91 Å². The lowest BCUT2D eigenvalue weighted by Gasteiger charge is -1.97. The van der Waals surface area contributed by atoms with Gasteiger partial charge in [0.1, 0.15) is 0 Å². The maximum atomic E-state index is 11.0. The molecule has 0 unspecified atom stereocenters. The molecule has 1 heterocycles. The summed E-state index contributed by atoms with van der Waals surface area (Å²) < 4.78 is 1.23. The molecule has 17 heavy (non-hydrogen) atoms. The highest BCUT2D eigenvalue weighted by molar-refractivity contribution is 7.23.